The van der Waals surface area contributed by atoms with E-state index >= 15 is 0 Å². The number of rotatable bonds is 4. The lowest BCUT2D eigenvalue weighted by molar-refractivity contribution is 0.302. The summed E-state index contributed by atoms with van der Waals surface area (Å²) in [5.41, 5.74) is -1.08. The molecule has 0 amide bonds. The van der Waals surface area contributed by atoms with Gasteiger partial charge in [-0.1, -0.05) is 18.9 Å². The van der Waals surface area contributed by atoms with Gasteiger partial charge in [0, 0.05) is 19.2 Å². The fourth-order valence-electron chi connectivity index (χ4n) is 2.95. The third kappa shape index (κ3) is 3.79. The molecule has 2 N–H and O–H groups in total. The highest BCUT2D eigenvalue weighted by Gasteiger charge is 2.15. The van der Waals surface area contributed by atoms with Crippen molar-refractivity contribution in [3.05, 3.63) is 50.7 Å². The van der Waals surface area contributed by atoms with E-state index in [1.165, 1.54) is 26.2 Å². The Morgan fingerprint density at radius 1 is 1.19 bits per heavy atom. The van der Waals surface area contributed by atoms with E-state index in [9.17, 15) is 14.7 Å². The van der Waals surface area contributed by atoms with E-state index in [4.69, 9.17) is 4.74 Å². The van der Waals surface area contributed by atoms with E-state index in [1.54, 1.807) is 24.3 Å². The molecule has 0 atom stereocenters. The van der Waals surface area contributed by atoms with Crippen LogP contribution in [-0.2, 0) is 0 Å². The third-order valence-corrected chi connectivity index (χ3v) is 4.36. The number of aromatic nitrogens is 2. The normalized spacial score (nSPS) is 15.2. The lowest BCUT2D eigenvalue weighted by atomic mass is 10.2. The monoisotopic (exact) mass is 358 g/mol. The largest absolute Gasteiger partial charge is 0.497 e. The fraction of sp³-hybridized carbons (Fsp3) is 0.389. The van der Waals surface area contributed by atoms with Crippen molar-refractivity contribution in [1.29, 1.82) is 0 Å². The summed E-state index contributed by atoms with van der Waals surface area (Å²) in [4.78, 5) is 26.6. The summed E-state index contributed by atoms with van der Waals surface area (Å²) in [5.74, 6) is 0.0744. The van der Waals surface area contributed by atoms with Crippen molar-refractivity contribution in [2.75, 3.05) is 20.2 Å². The molecule has 0 saturated carbocycles. The lowest BCUT2D eigenvalue weighted by Crippen LogP contribution is -2.31. The maximum atomic E-state index is 12.2. The maximum absolute atomic E-state index is 12.2. The topological polar surface area (TPSA) is 99.9 Å². The summed E-state index contributed by atoms with van der Waals surface area (Å²) in [5, 5.41) is 16.7. The predicted octanol–water partition coefficient (Wildman–Crippen LogP) is 1.45. The number of aromatic hydroxyl groups is 1. The average Bonchev–Trinajstić information content (AvgIpc) is 2.90. The van der Waals surface area contributed by atoms with Gasteiger partial charge in [0.15, 0.2) is 0 Å². The highest BCUT2D eigenvalue weighted by Crippen LogP contribution is 2.20. The number of benzene rings is 1. The number of hydrazone groups is 1. The van der Waals surface area contributed by atoms with Gasteiger partial charge in [0.25, 0.3) is 5.56 Å². The Labute approximate surface area is 150 Å². The predicted molar refractivity (Wildman–Crippen MR) is 98.5 cm³/mol. The zero-order chi connectivity index (χ0) is 18.5. The Balaban J connectivity index is 2.01. The molecular formula is C18H22N4O4. The van der Waals surface area contributed by atoms with Crippen LogP contribution in [0.3, 0.4) is 0 Å². The highest BCUT2D eigenvalue weighted by molar-refractivity contribution is 5.82. The molecule has 0 bridgehead atoms. The Morgan fingerprint density at radius 2 is 1.92 bits per heavy atom. The van der Waals surface area contributed by atoms with Gasteiger partial charge in [0.2, 0.25) is 5.88 Å². The van der Waals surface area contributed by atoms with Crippen LogP contribution < -0.4 is 16.0 Å². The zero-order valence-electron chi connectivity index (χ0n) is 14.6. The second-order valence-electron chi connectivity index (χ2n) is 6.15. The van der Waals surface area contributed by atoms with E-state index in [-0.39, 0.29) is 5.56 Å². The van der Waals surface area contributed by atoms with E-state index in [0.717, 1.165) is 30.5 Å². The SMILES string of the molecule is COc1cccc(-n2c(O)c(C=NN3CCCCCC3)c(=O)[nH]c2=O)c1. The van der Waals surface area contributed by atoms with Crippen LogP contribution in [0.2, 0.25) is 0 Å². The first kappa shape index (κ1) is 17.8. The molecule has 3 rings (SSSR count). The molecule has 26 heavy (non-hydrogen) atoms. The molecular weight excluding hydrogens is 336 g/mol. The number of nitrogens with zero attached hydrogens (tertiary/aromatic N) is 3. The molecule has 8 nitrogen and oxygen atoms in total. The summed E-state index contributed by atoms with van der Waals surface area (Å²) in [6, 6.07) is 6.64. The Morgan fingerprint density at radius 3 is 2.62 bits per heavy atom. The number of methoxy groups -OCH3 is 1. The van der Waals surface area contributed by atoms with Crippen molar-refractivity contribution in [1.82, 2.24) is 14.6 Å². The first-order valence-corrected chi connectivity index (χ1v) is 8.62. The average molecular weight is 358 g/mol. The molecule has 1 aliphatic rings. The first-order chi connectivity index (χ1) is 12.6. The molecule has 2 heterocycles. The van der Waals surface area contributed by atoms with Crippen LogP contribution in [0, 0.1) is 0 Å². The minimum atomic E-state index is -0.729. The molecule has 0 radical (unpaired) electrons. The van der Waals surface area contributed by atoms with Gasteiger partial charge in [0.05, 0.1) is 19.0 Å². The summed E-state index contributed by atoms with van der Waals surface area (Å²) in [7, 11) is 1.51. The van der Waals surface area contributed by atoms with Crippen molar-refractivity contribution in [3.63, 3.8) is 0 Å². The van der Waals surface area contributed by atoms with Crippen molar-refractivity contribution < 1.29 is 9.84 Å². The molecule has 1 aliphatic heterocycles. The van der Waals surface area contributed by atoms with Gasteiger partial charge in [0.1, 0.15) is 11.3 Å². The van der Waals surface area contributed by atoms with Gasteiger partial charge < -0.3 is 9.84 Å². The van der Waals surface area contributed by atoms with Crippen molar-refractivity contribution in [2.24, 2.45) is 5.10 Å². The van der Waals surface area contributed by atoms with Crippen LogP contribution >= 0.6 is 0 Å². The summed E-state index contributed by atoms with van der Waals surface area (Å²) >= 11 is 0. The van der Waals surface area contributed by atoms with Gasteiger partial charge in [-0.15, -0.1) is 0 Å². The van der Waals surface area contributed by atoms with Crippen molar-refractivity contribution >= 4 is 6.21 Å². The number of ether oxygens (including phenoxy) is 1. The van der Waals surface area contributed by atoms with Gasteiger partial charge in [-0.3, -0.25) is 14.8 Å². The fourth-order valence-corrected chi connectivity index (χ4v) is 2.95. The van der Waals surface area contributed by atoms with Crippen LogP contribution in [0.5, 0.6) is 11.6 Å². The molecule has 138 valence electrons. The van der Waals surface area contributed by atoms with E-state index < -0.39 is 17.1 Å². The molecule has 0 unspecified atom stereocenters. The maximum Gasteiger partial charge on any atom is 0.335 e. The molecule has 8 heteroatoms. The molecule has 1 saturated heterocycles. The van der Waals surface area contributed by atoms with Gasteiger partial charge >= 0.3 is 5.69 Å². The lowest BCUT2D eigenvalue weighted by Gasteiger charge is -2.15. The van der Waals surface area contributed by atoms with Crippen LogP contribution in [0.4, 0.5) is 0 Å². The quantitative estimate of drug-likeness (QED) is 0.806. The van der Waals surface area contributed by atoms with E-state index in [2.05, 4.69) is 10.1 Å². The molecule has 0 aliphatic carbocycles. The summed E-state index contributed by atoms with van der Waals surface area (Å²) in [6.45, 7) is 1.62. The van der Waals surface area contributed by atoms with Crippen LogP contribution in [0.15, 0.2) is 39.0 Å². The Bertz CT molecular complexity index is 908. The standard InChI is InChI=1S/C18H22N4O4/c1-26-14-8-6-7-13(11-14)22-17(24)15(16(23)20-18(22)25)12-19-21-9-4-2-3-5-10-21/h6-8,11-12,24H,2-5,9-10H2,1H3,(H,20,23,25). The number of H-pyrrole nitrogens is 1. The van der Waals surface area contributed by atoms with Gasteiger partial charge in [-0.05, 0) is 25.0 Å². The van der Waals surface area contributed by atoms with Gasteiger partial charge in [-0.2, -0.15) is 5.10 Å². The van der Waals surface area contributed by atoms with Crippen LogP contribution in [0.1, 0.15) is 31.2 Å². The Hall–Kier alpha value is -3.03. The number of hydrogen-bond acceptors (Lipinski definition) is 6. The smallest absolute Gasteiger partial charge is 0.335 e. The van der Waals surface area contributed by atoms with Crippen LogP contribution in [0.25, 0.3) is 5.69 Å². The molecule has 1 aromatic carbocycles. The van der Waals surface area contributed by atoms with Crippen molar-refractivity contribution in [3.8, 4) is 17.3 Å². The second kappa shape index (κ2) is 7.90. The van der Waals surface area contributed by atoms with Gasteiger partial charge in [-0.25, -0.2) is 9.36 Å². The van der Waals surface area contributed by atoms with E-state index in [1.807, 2.05) is 5.01 Å². The molecule has 1 aromatic heterocycles. The minimum absolute atomic E-state index is 0.0586. The minimum Gasteiger partial charge on any atom is -0.497 e. The third-order valence-electron chi connectivity index (χ3n) is 4.36. The first-order valence-electron chi connectivity index (χ1n) is 8.62. The zero-order valence-corrected chi connectivity index (χ0v) is 14.6. The number of aromatic amines is 1. The van der Waals surface area contributed by atoms with Crippen molar-refractivity contribution in [2.45, 2.75) is 25.7 Å². The molecule has 1 fully saturated rings. The van der Waals surface area contributed by atoms with E-state index in [0.29, 0.717) is 11.4 Å². The second-order valence-corrected chi connectivity index (χ2v) is 6.15. The van der Waals surface area contributed by atoms with Crippen LogP contribution in [-0.4, -0.2) is 46.1 Å². The molecule has 2 aromatic rings. The molecule has 0 spiro atoms. The Kier molecular flexibility index (Phi) is 5.40. The highest BCUT2D eigenvalue weighted by atomic mass is 16.5. The summed E-state index contributed by atoms with van der Waals surface area (Å²) < 4.78 is 6.17. The number of hydrogen-bond donors (Lipinski definition) is 2. The summed E-state index contributed by atoms with van der Waals surface area (Å²) in [6.07, 6.45) is 5.73. The number of nitrogens with one attached hydrogen (secondary N) is 1.